The van der Waals surface area contributed by atoms with E-state index in [4.69, 9.17) is 9.84 Å². The van der Waals surface area contributed by atoms with Gasteiger partial charge in [0, 0.05) is 11.5 Å². The highest BCUT2D eigenvalue weighted by atomic mass is 16.5. The molecule has 0 aromatic rings. The zero-order valence-electron chi connectivity index (χ0n) is 11.8. The number of aliphatic hydroxyl groups excluding tert-OH is 1. The van der Waals surface area contributed by atoms with E-state index in [1.807, 2.05) is 0 Å². The van der Waals surface area contributed by atoms with Gasteiger partial charge in [0.25, 0.3) is 0 Å². The summed E-state index contributed by atoms with van der Waals surface area (Å²) < 4.78 is 5.08. The maximum Gasteiger partial charge on any atom is 0.335 e. The van der Waals surface area contributed by atoms with E-state index >= 15 is 0 Å². The van der Waals surface area contributed by atoms with Crippen LogP contribution in [0.2, 0.25) is 0 Å². The minimum atomic E-state index is -1.14. The Morgan fingerprint density at radius 1 is 1.50 bits per heavy atom. The Morgan fingerprint density at radius 2 is 2.20 bits per heavy atom. The topological polar surface area (TPSA) is 83.8 Å². The third-order valence-electron chi connectivity index (χ3n) is 4.23. The summed E-state index contributed by atoms with van der Waals surface area (Å²) in [5, 5.41) is 18.3. The molecule has 1 aliphatic carbocycles. The molecule has 0 saturated carbocycles. The van der Waals surface area contributed by atoms with Crippen LogP contribution in [0, 0.1) is 17.8 Å². The average molecular weight is 280 g/mol. The fourth-order valence-electron chi connectivity index (χ4n) is 3.13. The number of rotatable bonds is 4. The first kappa shape index (κ1) is 14.8. The fourth-order valence-corrected chi connectivity index (χ4v) is 3.13. The summed E-state index contributed by atoms with van der Waals surface area (Å²) in [5.74, 6) is -1.23. The monoisotopic (exact) mass is 280 g/mol. The molecule has 0 bridgehead atoms. The molecular formula is C15H20O5. The van der Waals surface area contributed by atoms with Crippen LogP contribution in [0.1, 0.15) is 26.7 Å². The van der Waals surface area contributed by atoms with E-state index < -0.39 is 12.6 Å². The van der Waals surface area contributed by atoms with E-state index in [0.717, 1.165) is 18.4 Å². The Hall–Kier alpha value is -1.62. The summed E-state index contributed by atoms with van der Waals surface area (Å²) in [6.45, 7) is 3.92. The number of carbonyl (C=O) groups excluding carboxylic acids is 1. The number of hydrogen-bond donors (Lipinski definition) is 2. The van der Waals surface area contributed by atoms with Gasteiger partial charge in [0.15, 0.2) is 0 Å². The predicted molar refractivity (Wildman–Crippen MR) is 71.8 cm³/mol. The van der Waals surface area contributed by atoms with Crippen molar-refractivity contribution in [2.45, 2.75) is 26.7 Å². The van der Waals surface area contributed by atoms with Gasteiger partial charge in [0.1, 0.15) is 6.61 Å². The van der Waals surface area contributed by atoms with Crippen molar-refractivity contribution in [1.82, 2.24) is 0 Å². The largest absolute Gasteiger partial charge is 0.478 e. The normalized spacial score (nSPS) is 26.8. The number of carboxylic acid groups (broad SMARTS) is 1. The molecule has 0 fully saturated rings. The number of allylic oxidation sites excluding steroid dienone is 1. The van der Waals surface area contributed by atoms with Gasteiger partial charge in [0.05, 0.1) is 12.2 Å². The lowest BCUT2D eigenvalue weighted by atomic mass is 9.70. The maximum atomic E-state index is 11.9. The van der Waals surface area contributed by atoms with Crippen molar-refractivity contribution < 1.29 is 24.5 Å². The van der Waals surface area contributed by atoms with Gasteiger partial charge < -0.3 is 14.9 Å². The van der Waals surface area contributed by atoms with Crippen molar-refractivity contribution in [3.63, 3.8) is 0 Å². The Balaban J connectivity index is 2.43. The summed E-state index contributed by atoms with van der Waals surface area (Å²) in [7, 11) is 0. The Kier molecular flexibility index (Phi) is 4.28. The number of esters is 1. The third kappa shape index (κ3) is 2.63. The minimum absolute atomic E-state index is 0.0610. The van der Waals surface area contributed by atoms with Gasteiger partial charge in [-0.15, -0.1) is 0 Å². The van der Waals surface area contributed by atoms with E-state index in [0.29, 0.717) is 18.1 Å². The highest BCUT2D eigenvalue weighted by Crippen LogP contribution is 2.43. The first-order valence-electron chi connectivity index (χ1n) is 6.89. The van der Waals surface area contributed by atoms with Crippen molar-refractivity contribution in [3.05, 3.63) is 22.8 Å². The third-order valence-corrected chi connectivity index (χ3v) is 4.23. The van der Waals surface area contributed by atoms with Crippen LogP contribution in [-0.4, -0.2) is 35.4 Å². The van der Waals surface area contributed by atoms with Crippen LogP contribution in [-0.2, 0) is 14.3 Å². The van der Waals surface area contributed by atoms with Crippen LogP contribution in [0.25, 0.3) is 0 Å². The molecule has 0 saturated heterocycles. The molecule has 110 valence electrons. The van der Waals surface area contributed by atoms with Gasteiger partial charge in [0.2, 0.25) is 0 Å². The maximum absolute atomic E-state index is 11.9. The molecule has 1 heterocycles. The van der Waals surface area contributed by atoms with Crippen molar-refractivity contribution in [1.29, 1.82) is 0 Å². The number of hydrogen-bond acceptors (Lipinski definition) is 4. The molecule has 0 aromatic heterocycles. The number of carbonyl (C=O) groups is 2. The molecule has 2 N–H and O–H groups in total. The molecule has 0 amide bonds. The molecule has 2 aliphatic rings. The Morgan fingerprint density at radius 3 is 2.75 bits per heavy atom. The zero-order chi connectivity index (χ0) is 14.9. The molecule has 0 spiro atoms. The van der Waals surface area contributed by atoms with Gasteiger partial charge in [-0.05, 0) is 30.3 Å². The van der Waals surface area contributed by atoms with E-state index in [1.165, 1.54) is 6.08 Å². The minimum Gasteiger partial charge on any atom is -0.478 e. The SMILES string of the molecule is CC(C)[C@@H]1CCC2=C(C(=O)OC2)[C@@H]1/C=C(\CO)C(=O)O. The molecule has 5 nitrogen and oxygen atoms in total. The van der Waals surface area contributed by atoms with Crippen molar-refractivity contribution in [2.75, 3.05) is 13.2 Å². The van der Waals surface area contributed by atoms with Crippen molar-refractivity contribution in [2.24, 2.45) is 17.8 Å². The van der Waals surface area contributed by atoms with Gasteiger partial charge in [-0.1, -0.05) is 19.9 Å². The van der Waals surface area contributed by atoms with Gasteiger partial charge >= 0.3 is 11.9 Å². The van der Waals surface area contributed by atoms with Crippen LogP contribution in [0.3, 0.4) is 0 Å². The smallest absolute Gasteiger partial charge is 0.335 e. The molecular weight excluding hydrogens is 260 g/mol. The lowest BCUT2D eigenvalue weighted by Gasteiger charge is -2.32. The summed E-state index contributed by atoms with van der Waals surface area (Å²) in [6, 6.07) is 0. The van der Waals surface area contributed by atoms with Crippen LogP contribution in [0.5, 0.6) is 0 Å². The zero-order valence-corrected chi connectivity index (χ0v) is 11.8. The van der Waals surface area contributed by atoms with Crippen LogP contribution >= 0.6 is 0 Å². The highest BCUT2D eigenvalue weighted by Gasteiger charge is 2.39. The fraction of sp³-hybridized carbons (Fsp3) is 0.600. The first-order valence-corrected chi connectivity index (χ1v) is 6.89. The number of aliphatic hydroxyl groups is 1. The number of carboxylic acids is 1. The lowest BCUT2D eigenvalue weighted by Crippen LogP contribution is -2.28. The second kappa shape index (κ2) is 5.79. The summed E-state index contributed by atoms with van der Waals surface area (Å²) in [4.78, 5) is 23.0. The van der Waals surface area contributed by atoms with E-state index in [-0.39, 0.29) is 23.4 Å². The summed E-state index contributed by atoms with van der Waals surface area (Å²) in [5.41, 5.74) is 1.53. The Labute approximate surface area is 117 Å². The van der Waals surface area contributed by atoms with E-state index in [1.54, 1.807) is 0 Å². The molecule has 5 heteroatoms. The molecule has 0 radical (unpaired) electrons. The molecule has 2 atom stereocenters. The summed E-state index contributed by atoms with van der Waals surface area (Å²) >= 11 is 0. The highest BCUT2D eigenvalue weighted by molar-refractivity contribution is 5.94. The van der Waals surface area contributed by atoms with E-state index in [9.17, 15) is 14.7 Å². The van der Waals surface area contributed by atoms with Gasteiger partial charge in [-0.25, -0.2) is 9.59 Å². The quantitative estimate of drug-likeness (QED) is 0.602. The first-order chi connectivity index (χ1) is 9.45. The number of ether oxygens (including phenoxy) is 1. The molecule has 20 heavy (non-hydrogen) atoms. The van der Waals surface area contributed by atoms with Crippen molar-refractivity contribution >= 4 is 11.9 Å². The Bertz CT molecular complexity index is 486. The van der Waals surface area contributed by atoms with Crippen LogP contribution in [0.4, 0.5) is 0 Å². The number of cyclic esters (lactones) is 1. The molecule has 0 unspecified atom stereocenters. The van der Waals surface area contributed by atoms with Gasteiger partial charge in [-0.3, -0.25) is 0 Å². The molecule has 1 aliphatic heterocycles. The average Bonchev–Trinajstić information content (AvgIpc) is 2.77. The van der Waals surface area contributed by atoms with Crippen LogP contribution in [0.15, 0.2) is 22.8 Å². The van der Waals surface area contributed by atoms with Gasteiger partial charge in [-0.2, -0.15) is 0 Å². The molecule has 0 aromatic carbocycles. The van der Waals surface area contributed by atoms with Crippen molar-refractivity contribution in [3.8, 4) is 0 Å². The second-order valence-electron chi connectivity index (χ2n) is 5.72. The number of aliphatic carboxylic acids is 1. The second-order valence-corrected chi connectivity index (χ2v) is 5.72. The lowest BCUT2D eigenvalue weighted by molar-refractivity contribution is -0.137. The summed E-state index contributed by atoms with van der Waals surface area (Å²) in [6.07, 6.45) is 3.27. The predicted octanol–water partition coefficient (Wildman–Crippen LogP) is 1.53. The van der Waals surface area contributed by atoms with Crippen LogP contribution < -0.4 is 0 Å². The standard InChI is InChI=1S/C15H20O5/c1-8(2)11-4-3-9-7-20-15(19)13(9)12(11)5-10(6-16)14(17)18/h5,8,11-12,16H,3-4,6-7H2,1-2H3,(H,17,18)/b10-5+/t11-,12+/m0/s1. The molecule has 2 rings (SSSR count). The van der Waals surface area contributed by atoms with E-state index in [2.05, 4.69) is 13.8 Å².